The molecule has 5 heteroatoms. The third kappa shape index (κ3) is 4.68. The van der Waals surface area contributed by atoms with Gasteiger partial charge in [0.1, 0.15) is 0 Å². The van der Waals surface area contributed by atoms with Crippen molar-refractivity contribution in [2.75, 3.05) is 19.6 Å². The minimum Gasteiger partial charge on any atom is -0.352 e. The number of aromatic nitrogens is 1. The van der Waals surface area contributed by atoms with Crippen molar-refractivity contribution in [3.05, 3.63) is 52.9 Å². The molecule has 1 unspecified atom stereocenters. The standard InChI is InChI=1S/C24H29N3OS/c1-17-9-10-21-19(15-17)20(16-22(26-21)23-8-5-14-29-23)24(28)25-11-6-13-27-12-4-3-7-18(27)2/h5,8-10,14-16,18H,3-4,6-7,11-13H2,1-2H3,(H,25,28). The van der Waals surface area contributed by atoms with Crippen LogP contribution >= 0.6 is 11.3 Å². The summed E-state index contributed by atoms with van der Waals surface area (Å²) in [5, 5.41) is 6.11. The number of rotatable bonds is 6. The Kier molecular flexibility index (Phi) is 6.26. The van der Waals surface area contributed by atoms with Crippen molar-refractivity contribution >= 4 is 28.1 Å². The molecule has 0 spiro atoms. The summed E-state index contributed by atoms with van der Waals surface area (Å²) in [4.78, 5) is 21.5. The number of pyridine rings is 1. The number of nitrogens with one attached hydrogen (secondary N) is 1. The van der Waals surface area contributed by atoms with E-state index < -0.39 is 0 Å². The molecular formula is C24H29N3OS. The zero-order valence-electron chi connectivity index (χ0n) is 17.3. The summed E-state index contributed by atoms with van der Waals surface area (Å²) in [6.45, 7) is 7.31. The van der Waals surface area contributed by atoms with Crippen LogP contribution in [0.4, 0.5) is 0 Å². The van der Waals surface area contributed by atoms with Gasteiger partial charge in [-0.1, -0.05) is 24.1 Å². The number of hydrogen-bond acceptors (Lipinski definition) is 4. The summed E-state index contributed by atoms with van der Waals surface area (Å²) in [6, 6.07) is 12.8. The van der Waals surface area contributed by atoms with Crippen LogP contribution in [-0.4, -0.2) is 41.5 Å². The first-order valence-corrected chi connectivity index (χ1v) is 11.5. The molecule has 29 heavy (non-hydrogen) atoms. The van der Waals surface area contributed by atoms with Crippen molar-refractivity contribution in [2.24, 2.45) is 0 Å². The summed E-state index contributed by atoms with van der Waals surface area (Å²) in [7, 11) is 0. The fourth-order valence-electron chi connectivity index (χ4n) is 4.15. The van der Waals surface area contributed by atoms with Crippen molar-refractivity contribution in [1.82, 2.24) is 15.2 Å². The molecule has 0 saturated carbocycles. The molecule has 1 aromatic carbocycles. The third-order valence-corrected chi connectivity index (χ3v) is 6.72. The average molecular weight is 408 g/mol. The highest BCUT2D eigenvalue weighted by atomic mass is 32.1. The van der Waals surface area contributed by atoms with E-state index in [9.17, 15) is 4.79 Å². The number of aryl methyl sites for hydroxylation is 1. The highest BCUT2D eigenvalue weighted by molar-refractivity contribution is 7.13. The fraction of sp³-hybridized carbons (Fsp3) is 0.417. The highest BCUT2D eigenvalue weighted by Crippen LogP contribution is 2.28. The lowest BCUT2D eigenvalue weighted by Gasteiger charge is -2.33. The molecule has 0 bridgehead atoms. The summed E-state index contributed by atoms with van der Waals surface area (Å²) < 4.78 is 0. The number of carbonyl (C=O) groups is 1. The molecule has 3 aromatic rings. The van der Waals surface area contributed by atoms with Gasteiger partial charge in [-0.25, -0.2) is 4.98 Å². The minimum absolute atomic E-state index is 0.00695. The second-order valence-electron chi connectivity index (χ2n) is 8.04. The monoisotopic (exact) mass is 407 g/mol. The van der Waals surface area contributed by atoms with E-state index in [0.29, 0.717) is 18.2 Å². The number of piperidine rings is 1. The second kappa shape index (κ2) is 9.06. The number of hydrogen-bond donors (Lipinski definition) is 1. The fourth-order valence-corrected chi connectivity index (χ4v) is 4.83. The Balaban J connectivity index is 1.49. The summed E-state index contributed by atoms with van der Waals surface area (Å²) in [5.74, 6) is -0.00695. The Hall–Kier alpha value is -2.24. The molecule has 1 atom stereocenters. The number of benzene rings is 1. The molecule has 1 saturated heterocycles. The van der Waals surface area contributed by atoms with Gasteiger partial charge < -0.3 is 10.2 Å². The van der Waals surface area contributed by atoms with Crippen molar-refractivity contribution < 1.29 is 4.79 Å². The van der Waals surface area contributed by atoms with Crippen molar-refractivity contribution in [3.8, 4) is 10.6 Å². The molecule has 0 aliphatic carbocycles. The predicted molar refractivity (Wildman–Crippen MR) is 122 cm³/mol. The molecule has 2 aromatic heterocycles. The maximum Gasteiger partial charge on any atom is 0.252 e. The highest BCUT2D eigenvalue weighted by Gasteiger charge is 2.18. The molecular weight excluding hydrogens is 378 g/mol. The number of likely N-dealkylation sites (tertiary alicyclic amines) is 1. The first-order chi connectivity index (χ1) is 14.1. The second-order valence-corrected chi connectivity index (χ2v) is 8.99. The lowest BCUT2D eigenvalue weighted by atomic mass is 10.0. The predicted octanol–water partition coefficient (Wildman–Crippen LogP) is 5.27. The van der Waals surface area contributed by atoms with E-state index in [1.807, 2.05) is 30.5 Å². The minimum atomic E-state index is -0.00695. The van der Waals surface area contributed by atoms with Crippen molar-refractivity contribution in [2.45, 2.75) is 45.6 Å². The van der Waals surface area contributed by atoms with Crippen LogP contribution in [0.1, 0.15) is 48.5 Å². The molecule has 0 radical (unpaired) electrons. The Bertz CT molecular complexity index is 983. The lowest BCUT2D eigenvalue weighted by Crippen LogP contribution is -2.39. The van der Waals surface area contributed by atoms with Gasteiger partial charge in [-0.05, 0) is 69.3 Å². The number of amides is 1. The summed E-state index contributed by atoms with van der Waals surface area (Å²) in [5.41, 5.74) is 3.59. The van der Waals surface area contributed by atoms with E-state index in [4.69, 9.17) is 4.98 Å². The molecule has 1 fully saturated rings. The van der Waals surface area contributed by atoms with Crippen LogP contribution in [0.2, 0.25) is 0 Å². The van der Waals surface area contributed by atoms with E-state index in [0.717, 1.165) is 40.0 Å². The van der Waals surface area contributed by atoms with Crippen LogP contribution in [0.25, 0.3) is 21.5 Å². The third-order valence-electron chi connectivity index (χ3n) is 5.83. The lowest BCUT2D eigenvalue weighted by molar-refractivity contribution is 0.0950. The average Bonchev–Trinajstić information content (AvgIpc) is 3.26. The van der Waals surface area contributed by atoms with Crippen LogP contribution in [0.3, 0.4) is 0 Å². The molecule has 1 amide bonds. The number of nitrogens with zero attached hydrogens (tertiary/aromatic N) is 2. The Labute approximate surface area is 177 Å². The van der Waals surface area contributed by atoms with Gasteiger partial charge in [0.05, 0.1) is 21.7 Å². The maximum atomic E-state index is 13.1. The van der Waals surface area contributed by atoms with Crippen molar-refractivity contribution in [3.63, 3.8) is 0 Å². The SMILES string of the molecule is Cc1ccc2nc(-c3cccs3)cc(C(=O)NCCCN3CCCCC3C)c2c1. The molecule has 1 aliphatic rings. The van der Waals surface area contributed by atoms with E-state index in [2.05, 4.69) is 35.3 Å². The quantitative estimate of drug-likeness (QED) is 0.567. The number of fused-ring (bicyclic) bond motifs is 1. The van der Waals surface area contributed by atoms with E-state index in [1.54, 1.807) is 11.3 Å². The molecule has 4 rings (SSSR count). The Morgan fingerprint density at radius 3 is 2.97 bits per heavy atom. The largest absolute Gasteiger partial charge is 0.352 e. The zero-order valence-corrected chi connectivity index (χ0v) is 18.1. The molecule has 1 N–H and O–H groups in total. The molecule has 1 aliphatic heterocycles. The normalized spacial score (nSPS) is 17.5. The van der Waals surface area contributed by atoms with Crippen molar-refractivity contribution in [1.29, 1.82) is 0 Å². The zero-order chi connectivity index (χ0) is 20.2. The number of thiophene rings is 1. The van der Waals surface area contributed by atoms with Gasteiger partial charge in [0.15, 0.2) is 0 Å². The molecule has 4 nitrogen and oxygen atoms in total. The van der Waals surface area contributed by atoms with Gasteiger partial charge in [0.2, 0.25) is 0 Å². The van der Waals surface area contributed by atoms with E-state index in [-0.39, 0.29) is 5.91 Å². The van der Waals surface area contributed by atoms with Gasteiger partial charge in [0, 0.05) is 24.5 Å². The Morgan fingerprint density at radius 2 is 2.17 bits per heavy atom. The topological polar surface area (TPSA) is 45.2 Å². The smallest absolute Gasteiger partial charge is 0.252 e. The van der Waals surface area contributed by atoms with Crippen LogP contribution in [0.5, 0.6) is 0 Å². The maximum absolute atomic E-state index is 13.1. The van der Waals surface area contributed by atoms with E-state index >= 15 is 0 Å². The number of carbonyl (C=O) groups excluding carboxylic acids is 1. The summed E-state index contributed by atoms with van der Waals surface area (Å²) in [6.07, 6.45) is 4.91. The first-order valence-electron chi connectivity index (χ1n) is 10.6. The van der Waals surface area contributed by atoms with Crippen LogP contribution in [0, 0.1) is 6.92 Å². The molecule has 3 heterocycles. The molecule has 152 valence electrons. The van der Waals surface area contributed by atoms with Crippen LogP contribution in [-0.2, 0) is 0 Å². The van der Waals surface area contributed by atoms with Gasteiger partial charge >= 0.3 is 0 Å². The van der Waals surface area contributed by atoms with Gasteiger partial charge in [0.25, 0.3) is 5.91 Å². The van der Waals surface area contributed by atoms with Gasteiger partial charge in [-0.2, -0.15) is 0 Å². The van der Waals surface area contributed by atoms with Gasteiger partial charge in [-0.15, -0.1) is 11.3 Å². The first kappa shape index (κ1) is 20.0. The van der Waals surface area contributed by atoms with E-state index in [1.165, 1.54) is 25.8 Å². The van der Waals surface area contributed by atoms with Crippen LogP contribution in [0.15, 0.2) is 41.8 Å². The Morgan fingerprint density at radius 1 is 1.28 bits per heavy atom. The van der Waals surface area contributed by atoms with Gasteiger partial charge in [-0.3, -0.25) is 4.79 Å². The summed E-state index contributed by atoms with van der Waals surface area (Å²) >= 11 is 1.65. The van der Waals surface area contributed by atoms with Crippen LogP contribution < -0.4 is 5.32 Å².